The molecule has 11 aromatic rings. The van der Waals surface area contributed by atoms with Gasteiger partial charge in [-0.05, 0) is 120 Å². The molecule has 0 fully saturated rings. The summed E-state index contributed by atoms with van der Waals surface area (Å²) in [5, 5.41) is 7.09. The number of furan rings is 1. The van der Waals surface area contributed by atoms with Gasteiger partial charge in [0.15, 0.2) is 0 Å². The summed E-state index contributed by atoms with van der Waals surface area (Å²) in [5.74, 6) is 1.32. The summed E-state index contributed by atoms with van der Waals surface area (Å²) in [6, 6.07) is 61.0. The van der Waals surface area contributed by atoms with E-state index < -0.39 is 0 Å². The van der Waals surface area contributed by atoms with Gasteiger partial charge in [0.2, 0.25) is 0 Å². The number of rotatable bonds is 7. The number of para-hydroxylation sites is 1. The van der Waals surface area contributed by atoms with Gasteiger partial charge < -0.3 is 18.9 Å². The smallest absolute Gasteiger partial charge is 0.121 e. The first-order valence-corrected chi connectivity index (χ1v) is 25.1. The van der Waals surface area contributed by atoms with Crippen LogP contribution in [0.15, 0.2) is 162 Å². The third kappa shape index (κ3) is 9.28. The van der Waals surface area contributed by atoms with E-state index in [9.17, 15) is 0 Å². The van der Waals surface area contributed by atoms with Crippen molar-refractivity contribution < 1.29 is 24.5 Å². The van der Waals surface area contributed by atoms with Crippen LogP contribution in [-0.2, 0) is 30.9 Å². The molecule has 3 heterocycles. The standard InChI is InChI=1S/C51H48N3O.C15H16N.Ir/c1-30(2)38-27-35(32-16-11-10-12-17-32)28-39(31(3)4)47(38)54-48-43(20-15-21-44(48)53(8)9)52-50(54)37-24-25-42(51(5,6)7)46-41-26-34-23-22-33-18-13-14-19-36(33)40(34)29-45(41)55-49(37)46;1-15(2,3)13-9-10-16-14(11-13)12-7-5-4-6-8-12;/h10-23,25-31H,1-9H3;4-7,9-11H,1-3H3;/q2*-1;. The second-order valence-corrected chi connectivity index (χ2v) is 21.9. The Bertz CT molecular complexity index is 3730. The topological polar surface area (TPSA) is 47.1 Å². The van der Waals surface area contributed by atoms with Crippen molar-refractivity contribution in [3.63, 3.8) is 0 Å². The summed E-state index contributed by atoms with van der Waals surface area (Å²) in [6.07, 6.45) is 1.87. The van der Waals surface area contributed by atoms with Crippen LogP contribution in [0.5, 0.6) is 0 Å². The van der Waals surface area contributed by atoms with E-state index in [1.165, 1.54) is 60.6 Å². The molecule has 0 bridgehead atoms. The van der Waals surface area contributed by atoms with Crippen LogP contribution < -0.4 is 4.90 Å². The maximum absolute atomic E-state index is 7.13. The number of pyridine rings is 1. The number of hydrogen-bond acceptors (Lipinski definition) is 4. The third-order valence-corrected chi connectivity index (χ3v) is 13.9. The first-order chi connectivity index (χ1) is 34.0. The average molecular weight is 1120 g/mol. The predicted octanol–water partition coefficient (Wildman–Crippen LogP) is 17.8. The maximum atomic E-state index is 7.13. The zero-order valence-corrected chi connectivity index (χ0v) is 46.1. The summed E-state index contributed by atoms with van der Waals surface area (Å²) in [5.41, 5.74) is 16.5. The minimum Gasteiger partial charge on any atom is -0.501 e. The Hall–Kier alpha value is -6.85. The fraction of sp³-hybridized carbons (Fsp3) is 0.242. The normalized spacial score (nSPS) is 12.0. The van der Waals surface area contributed by atoms with E-state index in [-0.39, 0.29) is 42.8 Å². The van der Waals surface area contributed by atoms with Crippen LogP contribution >= 0.6 is 0 Å². The SMILES string of the molecule is CC(C)(C)c1ccnc(-c2[c-]cccc2)c1.CC(C)c1cc(-c2ccccc2)cc(C(C)C)c1-n1c(-c2[c-]cc(C(C)(C)C)c3c2oc2cc4c(ccc5ccccc54)cc23)nc2cccc(N(C)C)c21.[Ir]. The molecule has 1 radical (unpaired) electrons. The van der Waals surface area contributed by atoms with Gasteiger partial charge in [-0.3, -0.25) is 4.98 Å². The Morgan fingerprint density at radius 3 is 1.99 bits per heavy atom. The predicted molar refractivity (Wildman–Crippen MR) is 301 cm³/mol. The number of aromatic nitrogens is 3. The van der Waals surface area contributed by atoms with Gasteiger partial charge in [0.05, 0.1) is 28.1 Å². The van der Waals surface area contributed by atoms with Gasteiger partial charge >= 0.3 is 0 Å². The summed E-state index contributed by atoms with van der Waals surface area (Å²) >= 11 is 0. The van der Waals surface area contributed by atoms with E-state index in [0.29, 0.717) is 0 Å². The zero-order chi connectivity index (χ0) is 49.9. The zero-order valence-electron chi connectivity index (χ0n) is 43.7. The minimum atomic E-state index is -0.149. The van der Waals surface area contributed by atoms with E-state index in [2.05, 4.69) is 237 Å². The van der Waals surface area contributed by atoms with E-state index in [1.807, 2.05) is 30.5 Å². The molecule has 72 heavy (non-hydrogen) atoms. The van der Waals surface area contributed by atoms with Gasteiger partial charge in [0.25, 0.3) is 0 Å². The fourth-order valence-electron chi connectivity index (χ4n) is 10.1. The van der Waals surface area contributed by atoms with Crippen LogP contribution in [0.1, 0.15) is 103 Å². The Labute approximate surface area is 439 Å². The van der Waals surface area contributed by atoms with Crippen molar-refractivity contribution in [1.29, 1.82) is 0 Å². The molecule has 365 valence electrons. The van der Waals surface area contributed by atoms with E-state index in [1.54, 1.807) is 0 Å². The van der Waals surface area contributed by atoms with E-state index in [4.69, 9.17) is 9.40 Å². The van der Waals surface area contributed by atoms with Gasteiger partial charge in [-0.2, -0.15) is 0 Å². The van der Waals surface area contributed by atoms with Crippen molar-refractivity contribution >= 4 is 60.2 Å². The molecule has 0 N–H and O–H groups in total. The van der Waals surface area contributed by atoms with Crippen molar-refractivity contribution in [3.8, 4) is 39.5 Å². The van der Waals surface area contributed by atoms with Crippen molar-refractivity contribution in [1.82, 2.24) is 14.5 Å². The Morgan fingerprint density at radius 2 is 1.32 bits per heavy atom. The van der Waals surface area contributed by atoms with Gasteiger partial charge in [-0.25, -0.2) is 0 Å². The van der Waals surface area contributed by atoms with Crippen LogP contribution in [0.25, 0.3) is 94.0 Å². The summed E-state index contributed by atoms with van der Waals surface area (Å²) in [4.78, 5) is 12.1. The Morgan fingerprint density at radius 1 is 0.625 bits per heavy atom. The molecule has 0 atom stereocenters. The van der Waals surface area contributed by atoms with Crippen LogP contribution in [0.4, 0.5) is 5.69 Å². The van der Waals surface area contributed by atoms with Crippen LogP contribution in [0, 0.1) is 12.1 Å². The third-order valence-electron chi connectivity index (χ3n) is 13.9. The molecule has 3 aromatic heterocycles. The van der Waals surface area contributed by atoms with Gasteiger partial charge in [0, 0.05) is 51.5 Å². The summed E-state index contributed by atoms with van der Waals surface area (Å²) in [7, 11) is 4.24. The first-order valence-electron chi connectivity index (χ1n) is 25.1. The van der Waals surface area contributed by atoms with Crippen LogP contribution in [0.3, 0.4) is 0 Å². The molecular weight excluding hydrogens is 1060 g/mol. The molecule has 8 aromatic carbocycles. The molecule has 0 amide bonds. The van der Waals surface area contributed by atoms with Gasteiger partial charge in [-0.1, -0.05) is 159 Å². The number of anilines is 1. The van der Waals surface area contributed by atoms with Crippen molar-refractivity contribution in [2.45, 2.75) is 91.9 Å². The van der Waals surface area contributed by atoms with Crippen LogP contribution in [-0.4, -0.2) is 28.6 Å². The molecule has 0 saturated heterocycles. The molecular formula is C66H64IrN4O-2. The molecule has 0 saturated carbocycles. The van der Waals surface area contributed by atoms with Crippen molar-refractivity contribution in [2.75, 3.05) is 19.0 Å². The van der Waals surface area contributed by atoms with Gasteiger partial charge in [0.1, 0.15) is 5.58 Å². The molecule has 0 aliphatic rings. The molecule has 0 unspecified atom stereocenters. The Kier molecular flexibility index (Phi) is 13.7. The van der Waals surface area contributed by atoms with Crippen LogP contribution in [0.2, 0.25) is 0 Å². The van der Waals surface area contributed by atoms with Crippen molar-refractivity contribution in [2.24, 2.45) is 0 Å². The first kappa shape index (κ1) is 50.1. The average Bonchev–Trinajstić information content (AvgIpc) is 3.94. The number of hydrogen-bond donors (Lipinski definition) is 0. The summed E-state index contributed by atoms with van der Waals surface area (Å²) in [6.45, 7) is 22.7. The number of imidazole rings is 1. The second-order valence-electron chi connectivity index (χ2n) is 21.9. The van der Waals surface area contributed by atoms with E-state index in [0.717, 1.165) is 61.3 Å². The van der Waals surface area contributed by atoms with E-state index >= 15 is 0 Å². The maximum Gasteiger partial charge on any atom is 0.121 e. The molecule has 0 aliphatic heterocycles. The summed E-state index contributed by atoms with van der Waals surface area (Å²) < 4.78 is 9.57. The fourth-order valence-corrected chi connectivity index (χ4v) is 10.1. The largest absolute Gasteiger partial charge is 0.501 e. The number of benzene rings is 8. The quantitative estimate of drug-likeness (QED) is 0.118. The monoisotopic (exact) mass is 1120 g/mol. The Balaban J connectivity index is 0.000000321. The molecule has 0 spiro atoms. The molecule has 6 heteroatoms. The van der Waals surface area contributed by atoms with Gasteiger partial charge in [-0.15, -0.1) is 53.6 Å². The second kappa shape index (κ2) is 19.6. The van der Waals surface area contributed by atoms with Crippen molar-refractivity contribution in [3.05, 3.63) is 192 Å². The molecule has 0 aliphatic carbocycles. The molecule has 11 rings (SSSR count). The number of nitrogens with zero attached hydrogens (tertiary/aromatic N) is 4. The number of fused-ring (bicyclic) bond motifs is 7. The molecule has 5 nitrogen and oxygen atoms in total. The minimum absolute atomic E-state index is 0.